The number of hydrogen-bond acceptors (Lipinski definition) is 11. The zero-order valence-electron chi connectivity index (χ0n) is 26.3. The first-order valence-corrected chi connectivity index (χ1v) is 17.1. The van der Waals surface area contributed by atoms with Gasteiger partial charge in [0.1, 0.15) is 42.5 Å². The Hall–Kier alpha value is -3.07. The van der Waals surface area contributed by atoms with E-state index < -0.39 is 53.7 Å². The van der Waals surface area contributed by atoms with E-state index in [2.05, 4.69) is 5.32 Å². The molecule has 3 saturated carbocycles. The van der Waals surface area contributed by atoms with Crippen molar-refractivity contribution in [1.29, 1.82) is 0 Å². The number of likely N-dealkylation sites (tertiary alicyclic amines) is 1. The highest BCUT2D eigenvalue weighted by molar-refractivity contribution is 5.96. The van der Waals surface area contributed by atoms with Gasteiger partial charge in [0.2, 0.25) is 11.8 Å². The number of nitrogens with zero attached hydrogens (tertiary/aromatic N) is 2. The number of hydrogen-bond donors (Lipinski definition) is 3. The molecular formula is C34H43N3O10. The summed E-state index contributed by atoms with van der Waals surface area (Å²) >= 11 is 0. The predicted octanol–water partition coefficient (Wildman–Crippen LogP) is 0.866. The first kappa shape index (κ1) is 31.2. The Morgan fingerprint density at radius 3 is 2.60 bits per heavy atom. The molecule has 2 bridgehead atoms. The number of esters is 1. The SMILES string of the molecule is O=C(NCCO)C1CCCN1C(=O)C12CC3OC(=O)C1N(Cc1cccc(C=COCCO)c1)OC2C1OC(C2CC2)(C2CC2)OC31. The van der Waals surface area contributed by atoms with Crippen molar-refractivity contribution in [3.8, 4) is 0 Å². The fraction of sp³-hybridized carbons (Fsp3) is 0.676. The first-order valence-electron chi connectivity index (χ1n) is 17.1. The summed E-state index contributed by atoms with van der Waals surface area (Å²) in [5.74, 6) is -1.37. The summed E-state index contributed by atoms with van der Waals surface area (Å²) in [6, 6.07) is 5.92. The molecule has 0 radical (unpaired) electrons. The topological polar surface area (TPSA) is 156 Å². The maximum atomic E-state index is 15.0. The molecular weight excluding hydrogens is 610 g/mol. The molecule has 1 aromatic rings. The van der Waals surface area contributed by atoms with Crippen LogP contribution in [0.1, 0.15) is 56.1 Å². The lowest BCUT2D eigenvalue weighted by Gasteiger charge is -2.50. The average molecular weight is 654 g/mol. The molecule has 0 aromatic heterocycles. The van der Waals surface area contributed by atoms with Crippen LogP contribution in [-0.2, 0) is 44.7 Å². The zero-order chi connectivity index (χ0) is 32.3. The van der Waals surface area contributed by atoms with Crippen LogP contribution >= 0.6 is 0 Å². The molecule has 7 fully saturated rings. The van der Waals surface area contributed by atoms with Crippen molar-refractivity contribution in [1.82, 2.24) is 15.3 Å². The van der Waals surface area contributed by atoms with Gasteiger partial charge in [0.25, 0.3) is 0 Å². The third-order valence-electron chi connectivity index (χ3n) is 11.0. The monoisotopic (exact) mass is 653 g/mol. The lowest BCUT2D eigenvalue weighted by Crippen LogP contribution is -2.70. The molecule has 13 heteroatoms. The van der Waals surface area contributed by atoms with E-state index in [9.17, 15) is 14.7 Å². The lowest BCUT2D eigenvalue weighted by atomic mass is 9.62. The van der Waals surface area contributed by atoms with Crippen molar-refractivity contribution in [3.05, 3.63) is 41.7 Å². The molecule has 47 heavy (non-hydrogen) atoms. The van der Waals surface area contributed by atoms with E-state index in [1.54, 1.807) is 16.0 Å². The van der Waals surface area contributed by atoms with Crippen molar-refractivity contribution in [2.45, 2.75) is 93.8 Å². The minimum atomic E-state index is -1.34. The van der Waals surface area contributed by atoms with Crippen LogP contribution in [0.25, 0.3) is 6.08 Å². The molecule has 254 valence electrons. The van der Waals surface area contributed by atoms with Crippen molar-refractivity contribution in [2.24, 2.45) is 17.3 Å². The lowest BCUT2D eigenvalue weighted by molar-refractivity contribution is -0.235. The highest BCUT2D eigenvalue weighted by atomic mass is 16.8. The average Bonchev–Trinajstić information content (AvgIpc) is 3.99. The number of hydroxylamine groups is 2. The first-order chi connectivity index (χ1) is 22.9. The summed E-state index contributed by atoms with van der Waals surface area (Å²) in [5.41, 5.74) is 0.357. The Morgan fingerprint density at radius 2 is 1.85 bits per heavy atom. The number of carbonyl (C=O) groups excluding carboxylic acids is 3. The molecule has 7 unspecified atom stereocenters. The van der Waals surface area contributed by atoms with Gasteiger partial charge in [-0.15, -0.1) is 0 Å². The minimum Gasteiger partial charge on any atom is -0.499 e. The van der Waals surface area contributed by atoms with Gasteiger partial charge in [-0.3, -0.25) is 19.2 Å². The van der Waals surface area contributed by atoms with E-state index >= 15 is 4.79 Å². The van der Waals surface area contributed by atoms with Gasteiger partial charge in [0.05, 0.1) is 26.0 Å². The molecule has 4 heterocycles. The molecule has 3 aliphatic carbocycles. The Balaban J connectivity index is 1.14. The number of fused-ring (bicyclic) bond motifs is 4. The fourth-order valence-corrected chi connectivity index (χ4v) is 8.72. The summed E-state index contributed by atoms with van der Waals surface area (Å²) in [6.07, 6.45) is 6.04. The van der Waals surface area contributed by atoms with Crippen LogP contribution in [0.2, 0.25) is 0 Å². The zero-order valence-corrected chi connectivity index (χ0v) is 26.3. The quantitative estimate of drug-likeness (QED) is 0.167. The van der Waals surface area contributed by atoms with Gasteiger partial charge in [-0.1, -0.05) is 24.3 Å². The molecule has 7 aliphatic rings. The Kier molecular flexibility index (Phi) is 8.05. The molecule has 3 N–H and O–H groups in total. The van der Waals surface area contributed by atoms with E-state index in [1.807, 2.05) is 24.3 Å². The number of aliphatic hydroxyl groups excluding tert-OH is 2. The number of aliphatic hydroxyl groups is 2. The summed E-state index contributed by atoms with van der Waals surface area (Å²) in [5, 5.41) is 22.6. The third-order valence-corrected chi connectivity index (χ3v) is 11.0. The molecule has 4 aliphatic heterocycles. The van der Waals surface area contributed by atoms with E-state index in [1.165, 1.54) is 6.26 Å². The molecule has 7 atom stereocenters. The molecule has 4 saturated heterocycles. The van der Waals surface area contributed by atoms with Crippen molar-refractivity contribution >= 4 is 23.9 Å². The Bertz CT molecular complexity index is 1420. The number of benzene rings is 1. The standard InChI is InChI=1S/C34H43N3O10/c38-13-11-35-30(40)24-5-2-12-36(24)32(42)33-18-25-26-27(46-34(45-26,22-6-7-22)23-8-9-23)29(33)47-37(28(33)31(41)44-25)19-21-4-1-3-20(17-21)10-15-43-16-14-39/h1,3-4,10,15,17,22-29,38-39H,2,5-9,11-14,16,18-19H2,(H,35,40). The van der Waals surface area contributed by atoms with E-state index in [0.717, 1.165) is 36.8 Å². The smallest absolute Gasteiger partial charge is 0.327 e. The van der Waals surface area contributed by atoms with Crippen LogP contribution in [0.5, 0.6) is 0 Å². The van der Waals surface area contributed by atoms with Gasteiger partial charge in [-0.2, -0.15) is 5.06 Å². The molecule has 0 spiro atoms. The van der Waals surface area contributed by atoms with Crippen LogP contribution in [0.4, 0.5) is 0 Å². The maximum absolute atomic E-state index is 15.0. The molecule has 1 aromatic carbocycles. The number of amides is 2. The second-order valence-electron chi connectivity index (χ2n) is 14.0. The highest BCUT2D eigenvalue weighted by Gasteiger charge is 2.78. The second-order valence-corrected chi connectivity index (χ2v) is 14.0. The van der Waals surface area contributed by atoms with Gasteiger partial charge in [0.15, 0.2) is 11.8 Å². The molecule has 13 nitrogen and oxygen atoms in total. The van der Waals surface area contributed by atoms with Crippen LogP contribution in [-0.4, -0.2) is 113 Å². The number of rotatable bonds is 12. The van der Waals surface area contributed by atoms with Crippen LogP contribution in [0, 0.1) is 17.3 Å². The van der Waals surface area contributed by atoms with E-state index in [0.29, 0.717) is 19.4 Å². The summed E-state index contributed by atoms with van der Waals surface area (Å²) < 4.78 is 25.2. The van der Waals surface area contributed by atoms with Gasteiger partial charge in [-0.25, -0.2) is 0 Å². The van der Waals surface area contributed by atoms with Crippen molar-refractivity contribution < 1.29 is 48.4 Å². The highest BCUT2D eigenvalue weighted by Crippen LogP contribution is 2.64. The predicted molar refractivity (Wildman–Crippen MR) is 162 cm³/mol. The summed E-state index contributed by atoms with van der Waals surface area (Å²) in [6.45, 7) is 0.584. The van der Waals surface area contributed by atoms with E-state index in [4.69, 9.17) is 28.9 Å². The number of carbonyl (C=O) groups is 3. The van der Waals surface area contributed by atoms with Crippen molar-refractivity contribution in [3.63, 3.8) is 0 Å². The van der Waals surface area contributed by atoms with Crippen LogP contribution < -0.4 is 5.32 Å². The maximum Gasteiger partial charge on any atom is 0.327 e. The molecule has 2 amide bonds. The summed E-state index contributed by atoms with van der Waals surface area (Å²) in [4.78, 5) is 50.7. The van der Waals surface area contributed by atoms with Crippen LogP contribution in [0.15, 0.2) is 30.5 Å². The van der Waals surface area contributed by atoms with Crippen molar-refractivity contribution in [2.75, 3.05) is 32.9 Å². The van der Waals surface area contributed by atoms with E-state index in [-0.39, 0.29) is 63.0 Å². The second kappa shape index (κ2) is 12.1. The number of nitrogens with one attached hydrogen (secondary N) is 1. The largest absolute Gasteiger partial charge is 0.499 e. The minimum absolute atomic E-state index is 0.0821. The Labute approximate surface area is 273 Å². The summed E-state index contributed by atoms with van der Waals surface area (Å²) in [7, 11) is 0. The number of ether oxygens (including phenoxy) is 4. The van der Waals surface area contributed by atoms with Crippen LogP contribution in [0.3, 0.4) is 0 Å². The van der Waals surface area contributed by atoms with Gasteiger partial charge in [-0.05, 0) is 55.7 Å². The normalized spacial score (nSPS) is 35.6. The van der Waals surface area contributed by atoms with Gasteiger partial charge in [0, 0.05) is 31.3 Å². The third kappa shape index (κ3) is 5.17. The Morgan fingerprint density at radius 1 is 1.06 bits per heavy atom. The van der Waals surface area contributed by atoms with Gasteiger partial charge < -0.3 is 39.4 Å². The molecule has 8 rings (SSSR count). The fourth-order valence-electron chi connectivity index (χ4n) is 8.72. The van der Waals surface area contributed by atoms with Gasteiger partial charge >= 0.3 is 5.97 Å².